The molecule has 0 aliphatic carbocycles. The van der Waals surface area contributed by atoms with Crippen LogP contribution in [0.3, 0.4) is 0 Å². The normalized spacial score (nSPS) is 11.8. The van der Waals surface area contributed by atoms with E-state index in [1.807, 2.05) is 19.9 Å². The summed E-state index contributed by atoms with van der Waals surface area (Å²) in [7, 11) is 0. The van der Waals surface area contributed by atoms with Gasteiger partial charge in [0.1, 0.15) is 6.61 Å². The summed E-state index contributed by atoms with van der Waals surface area (Å²) >= 11 is 0. The number of carbonyl (C=O) groups excluding carboxylic acids is 2. The Balaban J connectivity index is 2.61. The molecule has 4 heteroatoms. The molecule has 20 heavy (non-hydrogen) atoms. The fraction of sp³-hybridized carbons (Fsp3) is 0.375. The molecule has 4 nitrogen and oxygen atoms in total. The second-order valence-corrected chi connectivity index (χ2v) is 4.87. The van der Waals surface area contributed by atoms with Crippen molar-refractivity contribution in [2.24, 2.45) is 5.92 Å². The van der Waals surface area contributed by atoms with E-state index >= 15 is 0 Å². The third-order valence-corrected chi connectivity index (χ3v) is 2.91. The fourth-order valence-electron chi connectivity index (χ4n) is 1.69. The van der Waals surface area contributed by atoms with Crippen molar-refractivity contribution in [3.8, 4) is 0 Å². The summed E-state index contributed by atoms with van der Waals surface area (Å²) in [6.07, 6.45) is 1.68. The van der Waals surface area contributed by atoms with Gasteiger partial charge in [0.05, 0.1) is 6.42 Å². The third-order valence-electron chi connectivity index (χ3n) is 2.91. The Labute approximate surface area is 119 Å². The van der Waals surface area contributed by atoms with E-state index in [0.717, 1.165) is 0 Å². The molecule has 1 amide bonds. The highest BCUT2D eigenvalue weighted by Gasteiger charge is 2.21. The van der Waals surface area contributed by atoms with Crippen LogP contribution in [0.4, 0.5) is 0 Å². The van der Waals surface area contributed by atoms with Crippen LogP contribution in [0.1, 0.15) is 30.6 Å². The van der Waals surface area contributed by atoms with Crippen molar-refractivity contribution >= 4 is 11.9 Å². The van der Waals surface area contributed by atoms with Crippen LogP contribution in [0, 0.1) is 5.92 Å². The molecule has 0 spiro atoms. The van der Waals surface area contributed by atoms with Gasteiger partial charge in [0.2, 0.25) is 0 Å². The molecule has 0 aliphatic rings. The van der Waals surface area contributed by atoms with E-state index in [-0.39, 0.29) is 36.9 Å². The minimum atomic E-state index is -0.336. The summed E-state index contributed by atoms with van der Waals surface area (Å²) in [5, 5.41) is 2.87. The molecule has 1 N–H and O–H groups in total. The van der Waals surface area contributed by atoms with Crippen LogP contribution in [0.2, 0.25) is 0 Å². The van der Waals surface area contributed by atoms with Crippen molar-refractivity contribution in [1.82, 2.24) is 5.32 Å². The van der Waals surface area contributed by atoms with Crippen LogP contribution >= 0.6 is 0 Å². The Bertz CT molecular complexity index is 454. The van der Waals surface area contributed by atoms with Crippen molar-refractivity contribution in [2.45, 2.75) is 26.3 Å². The molecule has 0 saturated heterocycles. The van der Waals surface area contributed by atoms with Crippen molar-refractivity contribution < 1.29 is 14.3 Å². The first kappa shape index (κ1) is 16.0. The molecule has 0 unspecified atom stereocenters. The maximum atomic E-state index is 12.1. The van der Waals surface area contributed by atoms with Gasteiger partial charge in [-0.05, 0) is 18.1 Å². The highest BCUT2D eigenvalue weighted by molar-refractivity contribution is 5.94. The maximum Gasteiger partial charge on any atom is 0.308 e. The summed E-state index contributed by atoms with van der Waals surface area (Å²) in [6.45, 7) is 7.59. The van der Waals surface area contributed by atoms with Crippen LogP contribution < -0.4 is 5.32 Å². The third kappa shape index (κ3) is 5.26. The van der Waals surface area contributed by atoms with E-state index in [9.17, 15) is 9.59 Å². The number of rotatable bonds is 7. The number of ether oxygens (including phenoxy) is 1. The van der Waals surface area contributed by atoms with Crippen molar-refractivity contribution in [3.63, 3.8) is 0 Å². The second kappa shape index (κ2) is 8.15. The second-order valence-electron chi connectivity index (χ2n) is 4.87. The summed E-state index contributed by atoms with van der Waals surface area (Å²) < 4.78 is 4.95. The molecule has 108 valence electrons. The predicted octanol–water partition coefficient (Wildman–Crippen LogP) is 2.56. The summed E-state index contributed by atoms with van der Waals surface area (Å²) in [5.74, 6) is -0.378. The topological polar surface area (TPSA) is 55.4 Å². The zero-order chi connectivity index (χ0) is 15.0. The fourth-order valence-corrected chi connectivity index (χ4v) is 1.69. The van der Waals surface area contributed by atoms with Crippen LogP contribution in [-0.2, 0) is 9.53 Å². The van der Waals surface area contributed by atoms with Crippen LogP contribution in [0.25, 0.3) is 0 Å². The largest absolute Gasteiger partial charge is 0.461 e. The Morgan fingerprint density at radius 3 is 2.50 bits per heavy atom. The van der Waals surface area contributed by atoms with Crippen LogP contribution in [0.15, 0.2) is 43.0 Å². The SMILES string of the molecule is C=CCOC(=O)C[C@H](NC(=O)c1ccccc1)C(C)C. The van der Waals surface area contributed by atoms with Gasteiger partial charge in [-0.3, -0.25) is 9.59 Å². The molecule has 0 fully saturated rings. The molecular weight excluding hydrogens is 254 g/mol. The first-order valence-corrected chi connectivity index (χ1v) is 6.67. The summed E-state index contributed by atoms with van der Waals surface area (Å²) in [6, 6.07) is 8.68. The lowest BCUT2D eigenvalue weighted by Gasteiger charge is -2.21. The minimum Gasteiger partial charge on any atom is -0.461 e. The Kier molecular flexibility index (Phi) is 6.50. The smallest absolute Gasteiger partial charge is 0.308 e. The first-order chi connectivity index (χ1) is 9.54. The van der Waals surface area contributed by atoms with Crippen molar-refractivity contribution in [1.29, 1.82) is 0 Å². The van der Waals surface area contributed by atoms with Crippen molar-refractivity contribution in [2.75, 3.05) is 6.61 Å². The quantitative estimate of drug-likeness (QED) is 0.614. The minimum absolute atomic E-state index is 0.138. The first-order valence-electron chi connectivity index (χ1n) is 6.67. The van der Waals surface area contributed by atoms with Gasteiger partial charge < -0.3 is 10.1 Å². The van der Waals surface area contributed by atoms with E-state index in [1.54, 1.807) is 24.3 Å². The molecule has 0 heterocycles. The van der Waals surface area contributed by atoms with Gasteiger partial charge in [0.15, 0.2) is 0 Å². The lowest BCUT2D eigenvalue weighted by Crippen LogP contribution is -2.40. The molecule has 1 rings (SSSR count). The number of hydrogen-bond donors (Lipinski definition) is 1. The predicted molar refractivity (Wildman–Crippen MR) is 78.3 cm³/mol. The monoisotopic (exact) mass is 275 g/mol. The number of amides is 1. The average Bonchev–Trinajstić information content (AvgIpc) is 2.45. The van der Waals surface area contributed by atoms with E-state index < -0.39 is 0 Å². The summed E-state index contributed by atoms with van der Waals surface area (Å²) in [5.41, 5.74) is 0.581. The number of benzene rings is 1. The Morgan fingerprint density at radius 2 is 1.95 bits per heavy atom. The molecule has 0 aromatic heterocycles. The number of esters is 1. The van der Waals surface area contributed by atoms with E-state index in [1.165, 1.54) is 6.08 Å². The van der Waals surface area contributed by atoms with Gasteiger partial charge in [0, 0.05) is 11.6 Å². The maximum absolute atomic E-state index is 12.1. The highest BCUT2D eigenvalue weighted by Crippen LogP contribution is 2.09. The molecule has 1 aromatic carbocycles. The standard InChI is InChI=1S/C16H21NO3/c1-4-10-20-15(18)11-14(12(2)3)17-16(19)13-8-6-5-7-9-13/h4-9,12,14H,1,10-11H2,2-3H3,(H,17,19)/t14-/m0/s1. The van der Waals surface area contributed by atoms with Gasteiger partial charge in [-0.2, -0.15) is 0 Å². The molecule has 0 saturated carbocycles. The van der Waals surface area contributed by atoms with Gasteiger partial charge in [-0.25, -0.2) is 0 Å². The van der Waals surface area contributed by atoms with Gasteiger partial charge >= 0.3 is 5.97 Å². The molecule has 0 aliphatic heterocycles. The highest BCUT2D eigenvalue weighted by atomic mass is 16.5. The van der Waals surface area contributed by atoms with Crippen molar-refractivity contribution in [3.05, 3.63) is 48.6 Å². The Morgan fingerprint density at radius 1 is 1.30 bits per heavy atom. The van der Waals surface area contributed by atoms with E-state index in [2.05, 4.69) is 11.9 Å². The number of nitrogens with one attached hydrogen (secondary N) is 1. The van der Waals surface area contributed by atoms with E-state index in [0.29, 0.717) is 5.56 Å². The molecule has 0 bridgehead atoms. The zero-order valence-corrected chi connectivity index (χ0v) is 12.0. The average molecular weight is 275 g/mol. The van der Waals surface area contributed by atoms with Crippen LogP contribution in [0.5, 0.6) is 0 Å². The van der Waals surface area contributed by atoms with Crippen LogP contribution in [-0.4, -0.2) is 24.5 Å². The lowest BCUT2D eigenvalue weighted by atomic mass is 10.0. The zero-order valence-electron chi connectivity index (χ0n) is 12.0. The molecule has 1 atom stereocenters. The number of hydrogen-bond acceptors (Lipinski definition) is 3. The number of carbonyl (C=O) groups is 2. The van der Waals surface area contributed by atoms with Gasteiger partial charge in [-0.1, -0.05) is 44.7 Å². The molecular formula is C16H21NO3. The lowest BCUT2D eigenvalue weighted by molar-refractivity contribution is -0.143. The van der Waals surface area contributed by atoms with Gasteiger partial charge in [-0.15, -0.1) is 0 Å². The Hall–Kier alpha value is -2.10. The van der Waals surface area contributed by atoms with E-state index in [4.69, 9.17) is 4.74 Å². The molecule has 0 radical (unpaired) electrons. The summed E-state index contributed by atoms with van der Waals surface area (Å²) in [4.78, 5) is 23.7. The van der Waals surface area contributed by atoms with Gasteiger partial charge in [0.25, 0.3) is 5.91 Å². The molecule has 1 aromatic rings.